The van der Waals surface area contributed by atoms with Crippen molar-refractivity contribution >= 4 is 45.8 Å². The largest absolute Gasteiger partial charge is 0.464 e. The molecule has 0 atom stereocenters. The van der Waals surface area contributed by atoms with Crippen LogP contribution < -0.4 is 11.5 Å². The zero-order chi connectivity index (χ0) is 18.3. The second-order valence-corrected chi connectivity index (χ2v) is 5.96. The maximum atomic E-state index is 7.58. The van der Waals surface area contributed by atoms with Gasteiger partial charge in [-0.1, -0.05) is 12.2 Å². The zero-order valence-electron chi connectivity index (χ0n) is 13.7. The van der Waals surface area contributed by atoms with E-state index in [0.717, 1.165) is 33.1 Å². The molecule has 0 radical (unpaired) electrons. The quantitative estimate of drug-likeness (QED) is 0.330. The average Bonchev–Trinajstić information content (AvgIpc) is 3.22. The fourth-order valence-electron chi connectivity index (χ4n) is 2.87. The maximum absolute atomic E-state index is 7.58. The van der Waals surface area contributed by atoms with Crippen molar-refractivity contribution in [1.82, 2.24) is 0 Å². The number of nitrogen functional groups attached to an aromatic ring is 2. The van der Waals surface area contributed by atoms with Gasteiger partial charge in [-0.25, -0.2) is 0 Å². The van der Waals surface area contributed by atoms with Crippen molar-refractivity contribution in [2.24, 2.45) is 11.5 Å². The van der Waals surface area contributed by atoms with Crippen LogP contribution in [0.4, 0.5) is 0 Å². The van der Waals surface area contributed by atoms with Gasteiger partial charge in [-0.3, -0.25) is 10.8 Å². The minimum absolute atomic E-state index is 0.0145. The zero-order valence-corrected chi connectivity index (χ0v) is 13.7. The molecule has 0 aliphatic carbocycles. The summed E-state index contributed by atoms with van der Waals surface area (Å²) in [7, 11) is 0. The minimum atomic E-state index is 0.0145. The average molecular weight is 344 g/mol. The number of benzene rings is 2. The van der Waals surface area contributed by atoms with E-state index in [1.54, 1.807) is 36.8 Å². The topological polar surface area (TPSA) is 126 Å². The van der Waals surface area contributed by atoms with Crippen molar-refractivity contribution in [3.05, 3.63) is 71.2 Å². The molecule has 0 saturated heterocycles. The van der Waals surface area contributed by atoms with Gasteiger partial charge in [0.25, 0.3) is 0 Å². The van der Waals surface area contributed by atoms with Gasteiger partial charge in [0, 0.05) is 33.0 Å². The predicted octanol–water partition coefficient (Wildman–Crippen LogP) is 3.92. The molecule has 6 nitrogen and oxygen atoms in total. The predicted molar refractivity (Wildman–Crippen MR) is 103 cm³/mol. The number of hydrogen-bond donors (Lipinski definition) is 4. The molecule has 0 fully saturated rings. The van der Waals surface area contributed by atoms with Crippen LogP contribution in [0.1, 0.15) is 22.3 Å². The monoisotopic (exact) mass is 344 g/mol. The molecule has 6 N–H and O–H groups in total. The molecule has 128 valence electrons. The lowest BCUT2D eigenvalue weighted by atomic mass is 10.1. The van der Waals surface area contributed by atoms with Crippen LogP contribution in [0.5, 0.6) is 0 Å². The Balaban J connectivity index is 1.76. The van der Waals surface area contributed by atoms with Gasteiger partial charge in [0.1, 0.15) is 22.8 Å². The first-order valence-corrected chi connectivity index (χ1v) is 7.92. The van der Waals surface area contributed by atoms with E-state index in [9.17, 15) is 0 Å². The van der Waals surface area contributed by atoms with Gasteiger partial charge >= 0.3 is 0 Å². The lowest BCUT2D eigenvalue weighted by molar-refractivity contribution is 0.614. The lowest BCUT2D eigenvalue weighted by Crippen LogP contribution is -2.10. The summed E-state index contributed by atoms with van der Waals surface area (Å²) in [6, 6.07) is 10.8. The fraction of sp³-hybridized carbons (Fsp3) is 0. The molecule has 0 amide bonds. The van der Waals surface area contributed by atoms with E-state index in [0.29, 0.717) is 11.1 Å². The van der Waals surface area contributed by atoms with Crippen LogP contribution in [0, 0.1) is 10.8 Å². The van der Waals surface area contributed by atoms with Crippen LogP contribution in [0.3, 0.4) is 0 Å². The smallest absolute Gasteiger partial charge is 0.134 e. The van der Waals surface area contributed by atoms with E-state index in [1.807, 2.05) is 24.3 Å². The normalized spacial score (nSPS) is 11.5. The summed E-state index contributed by atoms with van der Waals surface area (Å²) in [6.45, 7) is 0. The summed E-state index contributed by atoms with van der Waals surface area (Å²) in [5, 5.41) is 16.9. The molecule has 4 aromatic rings. The maximum Gasteiger partial charge on any atom is 0.134 e. The van der Waals surface area contributed by atoms with E-state index in [1.165, 1.54) is 0 Å². The van der Waals surface area contributed by atoms with E-state index < -0.39 is 0 Å². The molecule has 2 heterocycles. The first-order valence-electron chi connectivity index (χ1n) is 7.92. The fourth-order valence-corrected chi connectivity index (χ4v) is 2.87. The van der Waals surface area contributed by atoms with Crippen LogP contribution in [-0.4, -0.2) is 11.7 Å². The first-order chi connectivity index (χ1) is 12.5. The third-order valence-electron chi connectivity index (χ3n) is 4.27. The molecule has 0 spiro atoms. The molecule has 0 saturated carbocycles. The number of rotatable bonds is 4. The van der Waals surface area contributed by atoms with E-state index in [4.69, 9.17) is 31.1 Å². The second kappa shape index (κ2) is 5.93. The Morgan fingerprint density at radius 3 is 1.54 bits per heavy atom. The van der Waals surface area contributed by atoms with Crippen LogP contribution >= 0.6 is 0 Å². The molecular weight excluding hydrogens is 328 g/mol. The number of nitrogens with one attached hydrogen (secondary N) is 2. The highest BCUT2D eigenvalue weighted by Crippen LogP contribution is 2.27. The van der Waals surface area contributed by atoms with E-state index >= 15 is 0 Å². The van der Waals surface area contributed by atoms with Crippen molar-refractivity contribution in [2.75, 3.05) is 0 Å². The number of amidine groups is 2. The summed E-state index contributed by atoms with van der Waals surface area (Å²) >= 11 is 0. The number of hydrogen-bond acceptors (Lipinski definition) is 4. The van der Waals surface area contributed by atoms with Gasteiger partial charge in [0.15, 0.2) is 0 Å². The van der Waals surface area contributed by atoms with Crippen molar-refractivity contribution in [2.45, 2.75) is 0 Å². The van der Waals surface area contributed by atoms with Gasteiger partial charge in [-0.2, -0.15) is 0 Å². The number of fused-ring (bicyclic) bond motifs is 2. The molecule has 0 aliphatic heterocycles. The molecule has 6 heteroatoms. The Hall–Kier alpha value is -3.80. The van der Waals surface area contributed by atoms with Crippen molar-refractivity contribution in [3.63, 3.8) is 0 Å². The summed E-state index contributed by atoms with van der Waals surface area (Å²) in [6.07, 6.45) is 7.16. The molecule has 2 aromatic carbocycles. The lowest BCUT2D eigenvalue weighted by Gasteiger charge is -1.98. The minimum Gasteiger partial charge on any atom is -0.464 e. The SMILES string of the molecule is N=C(N)c1ccc2occ(/C=C\c3coc4ccc(C(=N)N)cc34)c2c1. The van der Waals surface area contributed by atoms with Gasteiger partial charge in [0.05, 0.1) is 12.5 Å². The molecular formula is C20H16N4O2. The van der Waals surface area contributed by atoms with Crippen LogP contribution in [0.15, 0.2) is 57.8 Å². The highest BCUT2D eigenvalue weighted by Gasteiger charge is 2.08. The first kappa shape index (κ1) is 15.7. The Kier molecular flexibility index (Phi) is 3.58. The Morgan fingerprint density at radius 2 is 1.15 bits per heavy atom. The Labute approximate surface area is 148 Å². The summed E-state index contributed by atoms with van der Waals surface area (Å²) < 4.78 is 11.1. The van der Waals surface area contributed by atoms with E-state index in [2.05, 4.69) is 0 Å². The Bertz CT molecular complexity index is 1100. The highest BCUT2D eigenvalue weighted by atomic mass is 16.3. The van der Waals surface area contributed by atoms with Crippen LogP contribution in [0.2, 0.25) is 0 Å². The number of furan rings is 2. The van der Waals surface area contributed by atoms with E-state index in [-0.39, 0.29) is 11.7 Å². The van der Waals surface area contributed by atoms with Gasteiger partial charge < -0.3 is 20.3 Å². The van der Waals surface area contributed by atoms with Crippen LogP contribution in [0.25, 0.3) is 34.1 Å². The standard InChI is InChI=1S/C20H16N4O2/c21-19(22)11-3-5-17-15(7-11)13(9-25-17)1-2-14-10-26-18-6-4-12(20(23)24)8-16(14)18/h1-10H,(H3,21,22)(H3,23,24)/b2-1-. The third-order valence-corrected chi connectivity index (χ3v) is 4.27. The van der Waals surface area contributed by atoms with Crippen molar-refractivity contribution in [1.29, 1.82) is 10.8 Å². The summed E-state index contributed by atoms with van der Waals surface area (Å²) in [4.78, 5) is 0. The molecule has 0 aliphatic rings. The van der Waals surface area contributed by atoms with Gasteiger partial charge in [-0.15, -0.1) is 0 Å². The summed E-state index contributed by atoms with van der Waals surface area (Å²) in [5.74, 6) is 0.0289. The number of nitrogens with two attached hydrogens (primary N) is 2. The molecule has 4 rings (SSSR count). The van der Waals surface area contributed by atoms with Crippen molar-refractivity contribution < 1.29 is 8.83 Å². The Morgan fingerprint density at radius 1 is 0.731 bits per heavy atom. The molecule has 26 heavy (non-hydrogen) atoms. The molecule has 0 bridgehead atoms. The second-order valence-electron chi connectivity index (χ2n) is 5.96. The van der Waals surface area contributed by atoms with Gasteiger partial charge in [-0.05, 0) is 36.4 Å². The molecule has 0 unspecified atom stereocenters. The van der Waals surface area contributed by atoms with Crippen LogP contribution in [-0.2, 0) is 0 Å². The highest BCUT2D eigenvalue weighted by molar-refractivity contribution is 6.02. The third kappa shape index (κ3) is 2.63. The van der Waals surface area contributed by atoms with Crippen molar-refractivity contribution in [3.8, 4) is 0 Å². The molecule has 2 aromatic heterocycles. The van der Waals surface area contributed by atoms with Gasteiger partial charge in [0.2, 0.25) is 0 Å². The summed E-state index contributed by atoms with van der Waals surface area (Å²) in [5.41, 5.74) is 15.6.